The molecule has 0 unspecified atom stereocenters. The van der Waals surface area contributed by atoms with Gasteiger partial charge in [-0.3, -0.25) is 10.1 Å². The van der Waals surface area contributed by atoms with Crippen molar-refractivity contribution in [2.45, 2.75) is 0 Å². The minimum absolute atomic E-state index is 0.250. The lowest BCUT2D eigenvalue weighted by Gasteiger charge is -2.36. The molecular formula is C7H8N4O3S. The van der Waals surface area contributed by atoms with Crippen LogP contribution in [0, 0.1) is 5.92 Å². The fourth-order valence-corrected chi connectivity index (χ4v) is 1.63. The highest BCUT2D eigenvalue weighted by atomic mass is 32.1. The maximum atomic E-state index is 11.4. The highest BCUT2D eigenvalue weighted by molar-refractivity contribution is 7.13. The summed E-state index contributed by atoms with van der Waals surface area (Å²) in [5, 5.41) is 18.8. The van der Waals surface area contributed by atoms with Crippen LogP contribution in [0.15, 0.2) is 5.51 Å². The zero-order chi connectivity index (χ0) is 10.8. The molecule has 80 valence electrons. The first-order chi connectivity index (χ1) is 7.16. The van der Waals surface area contributed by atoms with Gasteiger partial charge in [-0.05, 0) is 0 Å². The predicted molar refractivity (Wildman–Crippen MR) is 51.6 cm³/mol. The van der Waals surface area contributed by atoms with Gasteiger partial charge in [-0.2, -0.15) is 0 Å². The number of urea groups is 1. The summed E-state index contributed by atoms with van der Waals surface area (Å²) in [4.78, 5) is 23.3. The molecular weight excluding hydrogens is 220 g/mol. The Morgan fingerprint density at radius 2 is 2.33 bits per heavy atom. The van der Waals surface area contributed by atoms with E-state index in [1.54, 1.807) is 0 Å². The third-order valence-electron chi connectivity index (χ3n) is 2.09. The number of aliphatic carboxylic acids is 1. The van der Waals surface area contributed by atoms with Gasteiger partial charge in [0, 0.05) is 13.1 Å². The molecule has 0 spiro atoms. The highest BCUT2D eigenvalue weighted by Crippen LogP contribution is 2.17. The van der Waals surface area contributed by atoms with Gasteiger partial charge < -0.3 is 10.0 Å². The number of nitrogens with zero attached hydrogens (tertiary/aromatic N) is 3. The summed E-state index contributed by atoms with van der Waals surface area (Å²) >= 11 is 1.21. The van der Waals surface area contributed by atoms with Gasteiger partial charge in [0.2, 0.25) is 5.13 Å². The molecule has 0 bridgehead atoms. The second-order valence-electron chi connectivity index (χ2n) is 3.11. The van der Waals surface area contributed by atoms with Crippen LogP contribution in [0.5, 0.6) is 0 Å². The summed E-state index contributed by atoms with van der Waals surface area (Å²) in [5.74, 6) is -1.31. The number of aromatic nitrogens is 2. The Morgan fingerprint density at radius 3 is 2.87 bits per heavy atom. The molecule has 0 atom stereocenters. The summed E-state index contributed by atoms with van der Waals surface area (Å²) < 4.78 is 0. The third-order valence-corrected chi connectivity index (χ3v) is 2.70. The van der Waals surface area contributed by atoms with E-state index in [0.29, 0.717) is 5.13 Å². The number of amides is 2. The first-order valence-electron chi connectivity index (χ1n) is 4.21. The van der Waals surface area contributed by atoms with Crippen LogP contribution in [0.3, 0.4) is 0 Å². The minimum atomic E-state index is -0.866. The van der Waals surface area contributed by atoms with Crippen molar-refractivity contribution in [3.05, 3.63) is 5.51 Å². The number of likely N-dealkylation sites (tertiary alicyclic amines) is 1. The van der Waals surface area contributed by atoms with E-state index in [2.05, 4.69) is 15.5 Å². The van der Waals surface area contributed by atoms with Crippen molar-refractivity contribution in [3.8, 4) is 0 Å². The Kier molecular flexibility index (Phi) is 2.50. The van der Waals surface area contributed by atoms with E-state index in [0.717, 1.165) is 0 Å². The van der Waals surface area contributed by atoms with E-state index < -0.39 is 11.9 Å². The average molecular weight is 228 g/mol. The topological polar surface area (TPSA) is 95.4 Å². The molecule has 0 aromatic carbocycles. The first kappa shape index (κ1) is 9.84. The predicted octanol–water partition coefficient (Wildman–Crippen LogP) is 0.0864. The minimum Gasteiger partial charge on any atom is -0.481 e. The smallest absolute Gasteiger partial charge is 0.323 e. The molecule has 1 aromatic heterocycles. The number of anilines is 1. The monoisotopic (exact) mass is 228 g/mol. The molecule has 1 saturated heterocycles. The van der Waals surface area contributed by atoms with Gasteiger partial charge in [0.1, 0.15) is 5.51 Å². The highest BCUT2D eigenvalue weighted by Gasteiger charge is 2.35. The molecule has 1 aliphatic rings. The maximum absolute atomic E-state index is 11.4. The zero-order valence-corrected chi connectivity index (χ0v) is 8.40. The fourth-order valence-electron chi connectivity index (χ4n) is 1.20. The summed E-state index contributed by atoms with van der Waals surface area (Å²) in [6, 6.07) is -0.329. The van der Waals surface area contributed by atoms with Gasteiger partial charge >= 0.3 is 12.0 Å². The molecule has 2 amide bonds. The Hall–Kier alpha value is -1.70. The number of carbonyl (C=O) groups is 2. The molecule has 0 saturated carbocycles. The number of nitrogens with one attached hydrogen (secondary N) is 1. The molecule has 2 rings (SSSR count). The third kappa shape index (κ3) is 2.04. The quantitative estimate of drug-likeness (QED) is 0.747. The van der Waals surface area contributed by atoms with E-state index in [4.69, 9.17) is 5.11 Å². The van der Waals surface area contributed by atoms with Crippen molar-refractivity contribution in [3.63, 3.8) is 0 Å². The van der Waals surface area contributed by atoms with E-state index in [1.165, 1.54) is 21.7 Å². The van der Waals surface area contributed by atoms with Crippen molar-refractivity contribution < 1.29 is 14.7 Å². The second kappa shape index (κ2) is 3.81. The Labute approximate surface area is 88.7 Å². The molecule has 7 nitrogen and oxygen atoms in total. The van der Waals surface area contributed by atoms with Crippen LogP contribution in [-0.2, 0) is 4.79 Å². The lowest BCUT2D eigenvalue weighted by Crippen LogP contribution is -2.54. The van der Waals surface area contributed by atoms with Crippen LogP contribution < -0.4 is 5.32 Å². The molecule has 0 radical (unpaired) electrons. The molecule has 15 heavy (non-hydrogen) atoms. The fraction of sp³-hybridized carbons (Fsp3) is 0.429. The molecule has 1 aromatic rings. The van der Waals surface area contributed by atoms with Crippen LogP contribution >= 0.6 is 11.3 Å². The summed E-state index contributed by atoms with van der Waals surface area (Å²) in [6.45, 7) is 0.500. The van der Waals surface area contributed by atoms with Gasteiger partial charge in [0.25, 0.3) is 0 Å². The van der Waals surface area contributed by atoms with Crippen LogP contribution in [0.2, 0.25) is 0 Å². The summed E-state index contributed by atoms with van der Waals surface area (Å²) in [6.07, 6.45) is 0. The molecule has 1 aliphatic heterocycles. The Bertz CT molecular complexity index is 374. The number of hydrogen-bond acceptors (Lipinski definition) is 5. The van der Waals surface area contributed by atoms with Gasteiger partial charge in [0.15, 0.2) is 0 Å². The van der Waals surface area contributed by atoms with E-state index >= 15 is 0 Å². The molecule has 1 fully saturated rings. The van der Waals surface area contributed by atoms with Crippen molar-refractivity contribution in [1.82, 2.24) is 15.1 Å². The van der Waals surface area contributed by atoms with Gasteiger partial charge in [-0.1, -0.05) is 11.3 Å². The standard InChI is InChI=1S/C7H8N4O3S/c12-5(13)4-1-11(2-4)7(14)9-6-10-8-3-15-6/h3-4H,1-2H2,(H,12,13)(H,9,10,14). The van der Waals surface area contributed by atoms with Gasteiger partial charge in [0.05, 0.1) is 5.92 Å². The Balaban J connectivity index is 1.82. The SMILES string of the molecule is O=C(O)C1CN(C(=O)Nc2nncs2)C1. The van der Waals surface area contributed by atoms with Gasteiger partial charge in [-0.25, -0.2) is 4.79 Å². The van der Waals surface area contributed by atoms with Crippen molar-refractivity contribution >= 4 is 28.5 Å². The van der Waals surface area contributed by atoms with Crippen molar-refractivity contribution in [1.29, 1.82) is 0 Å². The van der Waals surface area contributed by atoms with E-state index in [-0.39, 0.29) is 19.1 Å². The zero-order valence-electron chi connectivity index (χ0n) is 7.58. The van der Waals surface area contributed by atoms with Crippen molar-refractivity contribution in [2.24, 2.45) is 5.92 Å². The van der Waals surface area contributed by atoms with Crippen LogP contribution in [-0.4, -0.2) is 45.3 Å². The average Bonchev–Trinajstić information content (AvgIpc) is 2.52. The molecule has 2 heterocycles. The largest absolute Gasteiger partial charge is 0.481 e. The first-order valence-corrected chi connectivity index (χ1v) is 5.09. The Morgan fingerprint density at radius 1 is 1.60 bits per heavy atom. The van der Waals surface area contributed by atoms with Gasteiger partial charge in [-0.15, -0.1) is 10.2 Å². The summed E-state index contributed by atoms with van der Waals surface area (Å²) in [7, 11) is 0. The van der Waals surface area contributed by atoms with Crippen LogP contribution in [0.25, 0.3) is 0 Å². The molecule has 2 N–H and O–H groups in total. The van der Waals surface area contributed by atoms with E-state index in [1.807, 2.05) is 0 Å². The molecule has 8 heteroatoms. The molecule has 0 aliphatic carbocycles. The van der Waals surface area contributed by atoms with Crippen LogP contribution in [0.4, 0.5) is 9.93 Å². The second-order valence-corrected chi connectivity index (χ2v) is 3.95. The number of carboxylic acids is 1. The lowest BCUT2D eigenvalue weighted by atomic mass is 10.0. The lowest BCUT2D eigenvalue weighted by molar-refractivity contribution is -0.145. The number of carboxylic acid groups (broad SMARTS) is 1. The van der Waals surface area contributed by atoms with Crippen LogP contribution in [0.1, 0.15) is 0 Å². The van der Waals surface area contributed by atoms with E-state index in [9.17, 15) is 9.59 Å². The summed E-state index contributed by atoms with van der Waals surface area (Å²) in [5.41, 5.74) is 1.51. The number of hydrogen-bond donors (Lipinski definition) is 2. The normalized spacial score (nSPS) is 15.9. The maximum Gasteiger partial charge on any atom is 0.323 e. The number of rotatable bonds is 2. The van der Waals surface area contributed by atoms with Crippen molar-refractivity contribution in [2.75, 3.05) is 18.4 Å². The number of carbonyl (C=O) groups excluding carboxylic acids is 1.